The van der Waals surface area contributed by atoms with E-state index in [2.05, 4.69) is 15.5 Å². The fourth-order valence-corrected chi connectivity index (χ4v) is 3.37. The molecule has 0 unspecified atom stereocenters. The van der Waals surface area contributed by atoms with E-state index >= 15 is 0 Å². The molecule has 0 spiro atoms. The van der Waals surface area contributed by atoms with Gasteiger partial charge in [0.05, 0.1) is 25.0 Å². The summed E-state index contributed by atoms with van der Waals surface area (Å²) in [6.07, 6.45) is 0.784. The molecule has 0 fully saturated rings. The first kappa shape index (κ1) is 20.7. The predicted molar refractivity (Wildman–Crippen MR) is 111 cm³/mol. The van der Waals surface area contributed by atoms with Gasteiger partial charge in [0, 0.05) is 12.6 Å². The lowest BCUT2D eigenvalue weighted by atomic mass is 10.1. The number of nitrogens with one attached hydrogen (secondary N) is 1. The van der Waals surface area contributed by atoms with Gasteiger partial charge in [-0.25, -0.2) is 0 Å². The van der Waals surface area contributed by atoms with E-state index in [9.17, 15) is 4.79 Å². The van der Waals surface area contributed by atoms with Crippen molar-refractivity contribution in [2.75, 3.05) is 20.8 Å². The number of carbonyl (C=O) groups excluding carboxylic acids is 1. The fourth-order valence-electron chi connectivity index (χ4n) is 2.66. The highest BCUT2D eigenvalue weighted by Crippen LogP contribution is 2.34. The summed E-state index contributed by atoms with van der Waals surface area (Å²) >= 11 is 1.22. The molecule has 0 radical (unpaired) electrons. The zero-order valence-corrected chi connectivity index (χ0v) is 17.4. The monoisotopic (exact) mass is 413 g/mol. The molecule has 1 atom stereocenters. The van der Waals surface area contributed by atoms with Gasteiger partial charge in [-0.1, -0.05) is 42.1 Å². The average Bonchev–Trinajstić information content (AvgIpc) is 3.22. The van der Waals surface area contributed by atoms with Crippen molar-refractivity contribution in [3.8, 4) is 23.0 Å². The van der Waals surface area contributed by atoms with E-state index in [1.54, 1.807) is 39.3 Å². The maximum Gasteiger partial charge on any atom is 0.277 e. The largest absolute Gasteiger partial charge is 0.497 e. The van der Waals surface area contributed by atoms with Gasteiger partial charge in [0.15, 0.2) is 0 Å². The Kier molecular flexibility index (Phi) is 7.13. The quantitative estimate of drug-likeness (QED) is 0.537. The average molecular weight is 413 g/mol. The smallest absolute Gasteiger partial charge is 0.277 e. The molecule has 3 rings (SSSR count). The van der Waals surface area contributed by atoms with Crippen LogP contribution in [0.3, 0.4) is 0 Å². The molecule has 1 amide bonds. The Hall–Kier alpha value is -3.00. The minimum atomic E-state index is -0.364. The van der Waals surface area contributed by atoms with Gasteiger partial charge >= 0.3 is 0 Å². The van der Waals surface area contributed by atoms with Crippen molar-refractivity contribution < 1.29 is 18.7 Å². The predicted octanol–water partition coefficient (Wildman–Crippen LogP) is 3.59. The summed E-state index contributed by atoms with van der Waals surface area (Å²) in [5, 5.41) is 11.0. The lowest BCUT2D eigenvalue weighted by molar-refractivity contribution is -0.120. The van der Waals surface area contributed by atoms with E-state index in [4.69, 9.17) is 13.9 Å². The van der Waals surface area contributed by atoms with Crippen LogP contribution in [0.1, 0.15) is 12.5 Å². The summed E-state index contributed by atoms with van der Waals surface area (Å²) in [5.41, 5.74) is 1.84. The lowest BCUT2D eigenvalue weighted by Gasteiger charge is -2.10. The molecule has 0 aliphatic heterocycles. The summed E-state index contributed by atoms with van der Waals surface area (Å²) in [6, 6.07) is 15.4. The first-order chi connectivity index (χ1) is 14.1. The molecular weight excluding hydrogens is 390 g/mol. The minimum Gasteiger partial charge on any atom is -0.497 e. The molecular formula is C21H23N3O4S. The molecule has 0 saturated heterocycles. The number of methoxy groups -OCH3 is 2. The van der Waals surface area contributed by atoms with Gasteiger partial charge in [-0.05, 0) is 31.0 Å². The summed E-state index contributed by atoms with van der Waals surface area (Å²) in [6.45, 7) is 2.38. The Morgan fingerprint density at radius 3 is 2.66 bits per heavy atom. The van der Waals surface area contributed by atoms with Crippen molar-refractivity contribution in [1.29, 1.82) is 0 Å². The topological polar surface area (TPSA) is 86.5 Å². The highest BCUT2D eigenvalue weighted by molar-refractivity contribution is 8.00. The standard InChI is InChI=1S/C21H23N3O4S/c1-14(19(25)22-12-11-15-7-5-4-6-8-15)29-21-24-23-20(28-21)17-10-9-16(26-2)13-18(17)27-3/h4-10,13-14H,11-12H2,1-3H3,(H,22,25)/t14-/m1/s1. The van der Waals surface area contributed by atoms with Gasteiger partial charge < -0.3 is 19.2 Å². The van der Waals surface area contributed by atoms with Gasteiger partial charge in [0.1, 0.15) is 11.5 Å². The van der Waals surface area contributed by atoms with Gasteiger partial charge in [-0.2, -0.15) is 0 Å². The SMILES string of the molecule is COc1ccc(-c2nnc(S[C@H](C)C(=O)NCCc3ccccc3)o2)c(OC)c1. The fraction of sp³-hybridized carbons (Fsp3) is 0.286. The van der Waals surface area contributed by atoms with Crippen molar-refractivity contribution >= 4 is 17.7 Å². The van der Waals surface area contributed by atoms with Crippen molar-refractivity contribution in [1.82, 2.24) is 15.5 Å². The van der Waals surface area contributed by atoms with Crippen LogP contribution in [0.2, 0.25) is 0 Å². The number of amides is 1. The van der Waals surface area contributed by atoms with Crippen LogP contribution in [-0.2, 0) is 11.2 Å². The van der Waals surface area contributed by atoms with Gasteiger partial charge in [-0.3, -0.25) is 4.79 Å². The number of hydrogen-bond acceptors (Lipinski definition) is 7. The Bertz CT molecular complexity index is 946. The lowest BCUT2D eigenvalue weighted by Crippen LogP contribution is -2.32. The number of aromatic nitrogens is 2. The Morgan fingerprint density at radius 2 is 1.93 bits per heavy atom. The van der Waals surface area contributed by atoms with Crippen LogP contribution in [0.4, 0.5) is 0 Å². The summed E-state index contributed by atoms with van der Waals surface area (Å²) in [7, 11) is 3.15. The summed E-state index contributed by atoms with van der Waals surface area (Å²) in [4.78, 5) is 12.3. The number of rotatable bonds is 9. The van der Waals surface area contributed by atoms with Crippen LogP contribution in [0.5, 0.6) is 11.5 Å². The number of thioether (sulfide) groups is 1. The van der Waals surface area contributed by atoms with E-state index in [1.165, 1.54) is 17.3 Å². The molecule has 1 N–H and O–H groups in total. The van der Waals surface area contributed by atoms with Crippen LogP contribution >= 0.6 is 11.8 Å². The van der Waals surface area contributed by atoms with Crippen LogP contribution in [0.25, 0.3) is 11.5 Å². The first-order valence-corrected chi connectivity index (χ1v) is 10.0. The Morgan fingerprint density at radius 1 is 1.14 bits per heavy atom. The van der Waals surface area contributed by atoms with Gasteiger partial charge in [-0.15, -0.1) is 10.2 Å². The molecule has 2 aromatic carbocycles. The molecule has 29 heavy (non-hydrogen) atoms. The maximum atomic E-state index is 12.3. The zero-order valence-electron chi connectivity index (χ0n) is 16.5. The summed E-state index contributed by atoms with van der Waals surface area (Å²) in [5.74, 6) is 1.48. The number of ether oxygens (including phenoxy) is 2. The molecule has 8 heteroatoms. The summed E-state index contributed by atoms with van der Waals surface area (Å²) < 4.78 is 16.3. The number of carbonyl (C=O) groups is 1. The van der Waals surface area contributed by atoms with E-state index in [-0.39, 0.29) is 11.2 Å². The maximum absolute atomic E-state index is 12.3. The highest BCUT2D eigenvalue weighted by Gasteiger charge is 2.20. The van der Waals surface area contributed by atoms with Gasteiger partial charge in [0.25, 0.3) is 11.1 Å². The van der Waals surface area contributed by atoms with Crippen LogP contribution in [0.15, 0.2) is 58.2 Å². The Labute approximate surface area is 173 Å². The van der Waals surface area contributed by atoms with E-state index in [1.807, 2.05) is 30.3 Å². The third-order valence-corrected chi connectivity index (χ3v) is 5.18. The van der Waals surface area contributed by atoms with Crippen LogP contribution < -0.4 is 14.8 Å². The van der Waals surface area contributed by atoms with E-state index in [0.29, 0.717) is 34.7 Å². The second-order valence-corrected chi connectivity index (χ2v) is 7.52. The molecule has 0 aliphatic rings. The molecule has 0 aliphatic carbocycles. The Balaban J connectivity index is 1.57. The van der Waals surface area contributed by atoms with Crippen molar-refractivity contribution in [2.45, 2.75) is 23.8 Å². The van der Waals surface area contributed by atoms with E-state index < -0.39 is 0 Å². The zero-order chi connectivity index (χ0) is 20.6. The molecule has 3 aromatic rings. The third-order valence-electron chi connectivity index (χ3n) is 4.25. The van der Waals surface area contributed by atoms with Crippen molar-refractivity contribution in [3.05, 3.63) is 54.1 Å². The number of benzene rings is 2. The van der Waals surface area contributed by atoms with E-state index in [0.717, 1.165) is 6.42 Å². The second-order valence-electron chi connectivity index (χ2n) is 6.23. The number of nitrogens with zero attached hydrogens (tertiary/aromatic N) is 2. The highest BCUT2D eigenvalue weighted by atomic mass is 32.2. The number of hydrogen-bond donors (Lipinski definition) is 1. The van der Waals surface area contributed by atoms with Gasteiger partial charge in [0.2, 0.25) is 5.91 Å². The third kappa shape index (κ3) is 5.51. The molecule has 1 aromatic heterocycles. The molecule has 1 heterocycles. The molecule has 152 valence electrons. The molecule has 0 saturated carbocycles. The normalized spacial score (nSPS) is 11.7. The second kappa shape index (κ2) is 9.97. The molecule has 7 nitrogen and oxygen atoms in total. The minimum absolute atomic E-state index is 0.0762. The van der Waals surface area contributed by atoms with Crippen molar-refractivity contribution in [2.24, 2.45) is 0 Å². The van der Waals surface area contributed by atoms with Crippen molar-refractivity contribution in [3.63, 3.8) is 0 Å². The van der Waals surface area contributed by atoms with Crippen LogP contribution in [0, 0.1) is 0 Å². The molecule has 0 bridgehead atoms. The van der Waals surface area contributed by atoms with Crippen LogP contribution in [-0.4, -0.2) is 42.1 Å². The first-order valence-electron chi connectivity index (χ1n) is 9.15.